The molecule has 0 aromatic heterocycles. The van der Waals surface area contributed by atoms with Crippen LogP contribution in [0.5, 0.6) is 0 Å². The number of piperidine rings is 1. The monoisotopic (exact) mass is 227 g/mol. The summed E-state index contributed by atoms with van der Waals surface area (Å²) in [5, 5.41) is 3.26. The van der Waals surface area contributed by atoms with E-state index in [1.807, 2.05) is 7.05 Å². The van der Waals surface area contributed by atoms with Crippen molar-refractivity contribution in [1.29, 1.82) is 0 Å². The second kappa shape index (κ2) is 8.04. The van der Waals surface area contributed by atoms with Crippen molar-refractivity contribution >= 4 is 0 Å². The first kappa shape index (κ1) is 13.9. The van der Waals surface area contributed by atoms with Gasteiger partial charge in [-0.2, -0.15) is 0 Å². The third kappa shape index (κ3) is 4.40. The van der Waals surface area contributed by atoms with Crippen LogP contribution in [0.4, 0.5) is 0 Å². The molecule has 1 fully saturated rings. The van der Waals surface area contributed by atoms with E-state index in [-0.39, 0.29) is 0 Å². The number of nitrogens with one attached hydrogen (secondary N) is 1. The van der Waals surface area contributed by atoms with Crippen LogP contribution in [0.2, 0.25) is 0 Å². The van der Waals surface area contributed by atoms with Crippen LogP contribution in [-0.4, -0.2) is 62.2 Å². The maximum atomic E-state index is 3.26. The van der Waals surface area contributed by atoms with E-state index in [4.69, 9.17) is 0 Å². The largest absolute Gasteiger partial charge is 0.318 e. The highest BCUT2D eigenvalue weighted by molar-refractivity contribution is 4.79. The molecule has 1 aliphatic rings. The van der Waals surface area contributed by atoms with Crippen LogP contribution < -0.4 is 5.32 Å². The summed E-state index contributed by atoms with van der Waals surface area (Å²) in [6.07, 6.45) is 4.20. The Kier molecular flexibility index (Phi) is 7.01. The first-order valence-corrected chi connectivity index (χ1v) is 6.92. The molecule has 3 nitrogen and oxygen atoms in total. The Morgan fingerprint density at radius 2 is 2.00 bits per heavy atom. The van der Waals surface area contributed by atoms with Crippen molar-refractivity contribution in [2.24, 2.45) is 0 Å². The molecule has 1 rings (SSSR count). The van der Waals surface area contributed by atoms with Gasteiger partial charge in [-0.1, -0.05) is 20.3 Å². The molecule has 1 aliphatic heterocycles. The zero-order valence-corrected chi connectivity index (χ0v) is 11.3. The van der Waals surface area contributed by atoms with E-state index in [0.29, 0.717) is 0 Å². The average Bonchev–Trinajstić information content (AvgIpc) is 2.34. The third-order valence-electron chi connectivity index (χ3n) is 3.76. The molecule has 1 saturated heterocycles. The summed E-state index contributed by atoms with van der Waals surface area (Å²) in [6, 6.07) is 0.794. The molecule has 3 heteroatoms. The molecule has 0 saturated carbocycles. The Morgan fingerprint density at radius 3 is 2.62 bits per heavy atom. The van der Waals surface area contributed by atoms with Crippen molar-refractivity contribution in [1.82, 2.24) is 15.1 Å². The molecule has 0 radical (unpaired) electrons. The molecule has 0 amide bonds. The summed E-state index contributed by atoms with van der Waals surface area (Å²) in [5.41, 5.74) is 0. The molecule has 0 aromatic rings. The summed E-state index contributed by atoms with van der Waals surface area (Å²) in [5.74, 6) is 0. The van der Waals surface area contributed by atoms with Crippen LogP contribution in [0.15, 0.2) is 0 Å². The quantitative estimate of drug-likeness (QED) is 0.709. The summed E-state index contributed by atoms with van der Waals surface area (Å²) in [6.45, 7) is 11.8. The predicted octanol–water partition coefficient (Wildman–Crippen LogP) is 1.40. The number of likely N-dealkylation sites (tertiary alicyclic amines) is 1. The van der Waals surface area contributed by atoms with Gasteiger partial charge in [-0.3, -0.25) is 4.90 Å². The van der Waals surface area contributed by atoms with Crippen LogP contribution in [-0.2, 0) is 0 Å². The van der Waals surface area contributed by atoms with Crippen LogP contribution in [0.1, 0.15) is 33.1 Å². The number of hydrogen-bond acceptors (Lipinski definition) is 3. The molecule has 96 valence electrons. The van der Waals surface area contributed by atoms with Crippen molar-refractivity contribution in [3.05, 3.63) is 0 Å². The lowest BCUT2D eigenvalue weighted by Gasteiger charge is -2.38. The molecule has 0 bridgehead atoms. The highest BCUT2D eigenvalue weighted by Crippen LogP contribution is 2.17. The SMILES string of the molecule is CCN(CC)CC1CCCCN1CCNC. The van der Waals surface area contributed by atoms with Gasteiger partial charge in [0.1, 0.15) is 0 Å². The van der Waals surface area contributed by atoms with Crippen molar-refractivity contribution < 1.29 is 0 Å². The molecule has 1 heterocycles. The highest BCUT2D eigenvalue weighted by atomic mass is 15.2. The van der Waals surface area contributed by atoms with Crippen LogP contribution in [0, 0.1) is 0 Å². The average molecular weight is 227 g/mol. The fourth-order valence-corrected chi connectivity index (χ4v) is 2.60. The molecular formula is C13H29N3. The van der Waals surface area contributed by atoms with Crippen LogP contribution >= 0.6 is 0 Å². The normalized spacial score (nSPS) is 22.9. The van der Waals surface area contributed by atoms with Gasteiger partial charge < -0.3 is 10.2 Å². The van der Waals surface area contributed by atoms with Gasteiger partial charge in [-0.25, -0.2) is 0 Å². The van der Waals surface area contributed by atoms with Gasteiger partial charge in [0.25, 0.3) is 0 Å². The number of likely N-dealkylation sites (N-methyl/N-ethyl adjacent to an activating group) is 2. The van der Waals surface area contributed by atoms with E-state index < -0.39 is 0 Å². The van der Waals surface area contributed by atoms with E-state index in [1.165, 1.54) is 52.0 Å². The molecule has 0 aliphatic carbocycles. The summed E-state index contributed by atoms with van der Waals surface area (Å²) in [7, 11) is 2.04. The van der Waals surface area contributed by atoms with Gasteiger partial charge in [-0.15, -0.1) is 0 Å². The molecule has 0 aromatic carbocycles. The summed E-state index contributed by atoms with van der Waals surface area (Å²) < 4.78 is 0. The van der Waals surface area contributed by atoms with Gasteiger partial charge in [0.15, 0.2) is 0 Å². The van der Waals surface area contributed by atoms with E-state index in [2.05, 4.69) is 29.0 Å². The maximum absolute atomic E-state index is 3.26. The Balaban J connectivity index is 2.39. The Morgan fingerprint density at radius 1 is 1.25 bits per heavy atom. The molecule has 0 spiro atoms. The van der Waals surface area contributed by atoms with Gasteiger partial charge in [-0.05, 0) is 39.5 Å². The number of rotatable bonds is 7. The topological polar surface area (TPSA) is 18.5 Å². The smallest absolute Gasteiger partial charge is 0.0223 e. The lowest BCUT2D eigenvalue weighted by Crippen LogP contribution is -2.48. The van der Waals surface area contributed by atoms with Crippen LogP contribution in [0.25, 0.3) is 0 Å². The molecule has 1 unspecified atom stereocenters. The fraction of sp³-hybridized carbons (Fsp3) is 1.00. The predicted molar refractivity (Wildman–Crippen MR) is 70.9 cm³/mol. The number of hydrogen-bond donors (Lipinski definition) is 1. The van der Waals surface area contributed by atoms with E-state index in [9.17, 15) is 0 Å². The van der Waals surface area contributed by atoms with E-state index in [1.54, 1.807) is 0 Å². The first-order chi connectivity index (χ1) is 7.81. The Labute approximate surface area is 101 Å². The zero-order valence-electron chi connectivity index (χ0n) is 11.3. The van der Waals surface area contributed by atoms with E-state index >= 15 is 0 Å². The third-order valence-corrected chi connectivity index (χ3v) is 3.76. The molecular weight excluding hydrogens is 198 g/mol. The lowest BCUT2D eigenvalue weighted by atomic mass is 10.0. The second-order valence-electron chi connectivity index (χ2n) is 4.77. The van der Waals surface area contributed by atoms with Crippen molar-refractivity contribution in [2.45, 2.75) is 39.2 Å². The van der Waals surface area contributed by atoms with Gasteiger partial charge in [0, 0.05) is 25.7 Å². The van der Waals surface area contributed by atoms with Gasteiger partial charge in [0.05, 0.1) is 0 Å². The standard InChI is InChI=1S/C13H29N3/c1-4-15(5-2)12-13-8-6-7-10-16(13)11-9-14-3/h13-14H,4-12H2,1-3H3. The first-order valence-electron chi connectivity index (χ1n) is 6.92. The molecule has 1 atom stereocenters. The summed E-state index contributed by atoms with van der Waals surface area (Å²) in [4.78, 5) is 5.24. The Bertz CT molecular complexity index is 169. The Hall–Kier alpha value is -0.120. The van der Waals surface area contributed by atoms with Crippen molar-refractivity contribution in [2.75, 3.05) is 46.3 Å². The van der Waals surface area contributed by atoms with Gasteiger partial charge in [0.2, 0.25) is 0 Å². The summed E-state index contributed by atoms with van der Waals surface area (Å²) >= 11 is 0. The molecule has 1 N–H and O–H groups in total. The number of nitrogens with zero attached hydrogens (tertiary/aromatic N) is 2. The minimum absolute atomic E-state index is 0.794. The minimum atomic E-state index is 0.794. The highest BCUT2D eigenvalue weighted by Gasteiger charge is 2.22. The lowest BCUT2D eigenvalue weighted by molar-refractivity contribution is 0.109. The maximum Gasteiger partial charge on any atom is 0.0223 e. The minimum Gasteiger partial charge on any atom is -0.318 e. The molecule has 16 heavy (non-hydrogen) atoms. The fourth-order valence-electron chi connectivity index (χ4n) is 2.60. The van der Waals surface area contributed by atoms with E-state index in [0.717, 1.165) is 12.6 Å². The van der Waals surface area contributed by atoms with Crippen LogP contribution in [0.3, 0.4) is 0 Å². The zero-order chi connectivity index (χ0) is 11.8. The van der Waals surface area contributed by atoms with Crippen molar-refractivity contribution in [3.63, 3.8) is 0 Å². The van der Waals surface area contributed by atoms with Gasteiger partial charge >= 0.3 is 0 Å². The van der Waals surface area contributed by atoms with Crippen molar-refractivity contribution in [3.8, 4) is 0 Å². The second-order valence-corrected chi connectivity index (χ2v) is 4.77.